The van der Waals surface area contributed by atoms with Crippen molar-refractivity contribution in [3.63, 3.8) is 0 Å². The van der Waals surface area contributed by atoms with Gasteiger partial charge in [0.1, 0.15) is 0 Å². The Bertz CT molecular complexity index is 1140. The Morgan fingerprint density at radius 2 is 1.81 bits per heavy atom. The third-order valence-corrected chi connectivity index (χ3v) is 5.78. The number of benzene rings is 1. The van der Waals surface area contributed by atoms with Gasteiger partial charge in [-0.05, 0) is 43.7 Å². The van der Waals surface area contributed by atoms with Crippen molar-refractivity contribution in [2.45, 2.75) is 20.3 Å². The second-order valence-corrected chi connectivity index (χ2v) is 8.21. The van der Waals surface area contributed by atoms with Crippen LogP contribution in [0.1, 0.15) is 29.4 Å². The number of piperazine rings is 1. The molecule has 8 heteroatoms. The number of carbonyl (C=O) groups excluding carboxylic acids is 2. The Morgan fingerprint density at radius 3 is 2.50 bits per heavy atom. The third kappa shape index (κ3) is 4.67. The smallest absolute Gasteiger partial charge is 0.409 e. The number of ether oxygens (including phenoxy) is 1. The number of pyridine rings is 2. The molecular weight excluding hydrogens is 428 g/mol. The fourth-order valence-corrected chi connectivity index (χ4v) is 3.90. The zero-order valence-corrected chi connectivity index (χ0v) is 18.9. The first-order valence-electron chi connectivity index (χ1n) is 10.7. The molecule has 0 atom stereocenters. The van der Waals surface area contributed by atoms with Crippen LogP contribution in [-0.4, -0.2) is 64.6 Å². The Hall–Kier alpha value is -3.19. The minimum Gasteiger partial charge on any atom is -0.449 e. The Labute approximate surface area is 192 Å². The summed E-state index contributed by atoms with van der Waals surface area (Å²) in [6.07, 6.45) is 2.23. The highest BCUT2D eigenvalue weighted by Crippen LogP contribution is 2.29. The number of aromatic nitrogens is 2. The molecule has 4 rings (SSSR count). The molecule has 1 fully saturated rings. The average Bonchev–Trinajstić information content (AvgIpc) is 2.82. The van der Waals surface area contributed by atoms with Gasteiger partial charge in [0.05, 0.1) is 22.8 Å². The quantitative estimate of drug-likeness (QED) is 0.579. The standard InChI is InChI=1S/C24H25ClN4O3/c1-3-12-32-24(31)29-10-8-28(9-11-29)23(30)17-6-7-19-20(25)14-21(27-22(19)13-17)18-5-4-16(2)26-15-18/h4-7,13-15H,3,8-12H2,1-2H3. The summed E-state index contributed by atoms with van der Waals surface area (Å²) in [7, 11) is 0. The normalized spacial score (nSPS) is 14.0. The fourth-order valence-electron chi connectivity index (χ4n) is 3.64. The number of hydrogen-bond acceptors (Lipinski definition) is 5. The number of nitrogens with zero attached hydrogens (tertiary/aromatic N) is 4. The van der Waals surface area contributed by atoms with Crippen LogP contribution in [0.2, 0.25) is 5.02 Å². The summed E-state index contributed by atoms with van der Waals surface area (Å²) in [5.41, 5.74) is 3.69. The summed E-state index contributed by atoms with van der Waals surface area (Å²) in [6, 6.07) is 11.1. The van der Waals surface area contributed by atoms with E-state index in [0.29, 0.717) is 54.6 Å². The molecule has 0 N–H and O–H groups in total. The topological polar surface area (TPSA) is 75.6 Å². The number of hydrogen-bond donors (Lipinski definition) is 0. The van der Waals surface area contributed by atoms with Crippen LogP contribution in [0.25, 0.3) is 22.2 Å². The molecule has 3 aromatic rings. The highest BCUT2D eigenvalue weighted by molar-refractivity contribution is 6.35. The molecule has 0 bridgehead atoms. The second-order valence-electron chi connectivity index (χ2n) is 7.80. The maximum atomic E-state index is 13.1. The van der Waals surface area contributed by atoms with Crippen molar-refractivity contribution in [1.82, 2.24) is 19.8 Å². The molecule has 1 aliphatic heterocycles. The van der Waals surface area contributed by atoms with Crippen LogP contribution in [-0.2, 0) is 4.74 Å². The van der Waals surface area contributed by atoms with E-state index in [1.165, 1.54) is 0 Å². The first kappa shape index (κ1) is 22.0. The maximum Gasteiger partial charge on any atom is 0.409 e. The van der Waals surface area contributed by atoms with Crippen molar-refractivity contribution in [1.29, 1.82) is 0 Å². The number of halogens is 1. The van der Waals surface area contributed by atoms with Crippen LogP contribution >= 0.6 is 11.6 Å². The van der Waals surface area contributed by atoms with E-state index in [1.807, 2.05) is 38.1 Å². The van der Waals surface area contributed by atoms with Gasteiger partial charge in [0.25, 0.3) is 5.91 Å². The van der Waals surface area contributed by atoms with Gasteiger partial charge in [0.2, 0.25) is 0 Å². The minimum atomic E-state index is -0.318. The van der Waals surface area contributed by atoms with Crippen molar-refractivity contribution in [2.24, 2.45) is 0 Å². The third-order valence-electron chi connectivity index (χ3n) is 5.47. The first-order valence-corrected chi connectivity index (χ1v) is 11.1. The van der Waals surface area contributed by atoms with E-state index < -0.39 is 0 Å². The summed E-state index contributed by atoms with van der Waals surface area (Å²) < 4.78 is 5.18. The van der Waals surface area contributed by atoms with Crippen LogP contribution in [0, 0.1) is 6.92 Å². The van der Waals surface area contributed by atoms with Crippen LogP contribution in [0.3, 0.4) is 0 Å². The maximum absolute atomic E-state index is 13.1. The number of amides is 2. The van der Waals surface area contributed by atoms with E-state index >= 15 is 0 Å². The molecule has 1 aromatic carbocycles. The van der Waals surface area contributed by atoms with Crippen molar-refractivity contribution < 1.29 is 14.3 Å². The molecule has 2 amide bonds. The van der Waals surface area contributed by atoms with Gasteiger partial charge in [0, 0.05) is 54.6 Å². The Kier molecular flexibility index (Phi) is 6.55. The molecule has 2 aromatic heterocycles. The lowest BCUT2D eigenvalue weighted by Crippen LogP contribution is -2.50. The number of aryl methyl sites for hydroxylation is 1. The molecular formula is C24H25ClN4O3. The molecule has 1 aliphatic rings. The largest absolute Gasteiger partial charge is 0.449 e. The van der Waals surface area contributed by atoms with Gasteiger partial charge in [-0.15, -0.1) is 0 Å². The Balaban J connectivity index is 1.52. The fraction of sp³-hybridized carbons (Fsp3) is 0.333. The lowest BCUT2D eigenvalue weighted by Gasteiger charge is -2.34. The molecule has 0 radical (unpaired) electrons. The van der Waals surface area contributed by atoms with Gasteiger partial charge >= 0.3 is 6.09 Å². The first-order chi connectivity index (χ1) is 15.5. The Morgan fingerprint density at radius 1 is 1.06 bits per heavy atom. The van der Waals surface area contributed by atoms with Gasteiger partial charge in [-0.25, -0.2) is 9.78 Å². The summed E-state index contributed by atoms with van der Waals surface area (Å²) >= 11 is 6.50. The molecule has 7 nitrogen and oxygen atoms in total. The summed E-state index contributed by atoms with van der Waals surface area (Å²) in [4.78, 5) is 37.6. The zero-order valence-electron chi connectivity index (χ0n) is 18.2. The molecule has 32 heavy (non-hydrogen) atoms. The SMILES string of the molecule is CCCOC(=O)N1CCN(C(=O)c2ccc3c(Cl)cc(-c4ccc(C)nc4)nc3c2)CC1. The van der Waals surface area contributed by atoms with Crippen molar-refractivity contribution in [3.05, 3.63) is 58.9 Å². The van der Waals surface area contributed by atoms with Crippen LogP contribution in [0.4, 0.5) is 4.79 Å². The average molecular weight is 453 g/mol. The summed E-state index contributed by atoms with van der Waals surface area (Å²) in [5.74, 6) is -0.0891. The van der Waals surface area contributed by atoms with Crippen LogP contribution < -0.4 is 0 Å². The van der Waals surface area contributed by atoms with Crippen LogP contribution in [0.15, 0.2) is 42.6 Å². The van der Waals surface area contributed by atoms with Gasteiger partial charge in [-0.2, -0.15) is 0 Å². The van der Waals surface area contributed by atoms with E-state index in [-0.39, 0.29) is 12.0 Å². The predicted molar refractivity (Wildman–Crippen MR) is 124 cm³/mol. The lowest BCUT2D eigenvalue weighted by molar-refractivity contribution is 0.0560. The van der Waals surface area contributed by atoms with E-state index in [4.69, 9.17) is 21.3 Å². The number of rotatable bonds is 4. The number of fused-ring (bicyclic) bond motifs is 1. The molecule has 0 aliphatic carbocycles. The zero-order chi connectivity index (χ0) is 22.7. The lowest BCUT2D eigenvalue weighted by atomic mass is 10.1. The van der Waals surface area contributed by atoms with Crippen molar-refractivity contribution in [2.75, 3.05) is 32.8 Å². The molecule has 0 unspecified atom stereocenters. The minimum absolute atomic E-state index is 0.0891. The molecule has 0 spiro atoms. The van der Waals surface area contributed by atoms with Crippen molar-refractivity contribution in [3.8, 4) is 11.3 Å². The highest BCUT2D eigenvalue weighted by Gasteiger charge is 2.26. The number of carbonyl (C=O) groups is 2. The molecule has 0 saturated carbocycles. The van der Waals surface area contributed by atoms with E-state index in [9.17, 15) is 9.59 Å². The van der Waals surface area contributed by atoms with Crippen molar-refractivity contribution >= 4 is 34.5 Å². The molecule has 3 heterocycles. The summed E-state index contributed by atoms with van der Waals surface area (Å²) in [5, 5.41) is 1.36. The van der Waals surface area contributed by atoms with E-state index in [2.05, 4.69) is 4.98 Å². The highest BCUT2D eigenvalue weighted by atomic mass is 35.5. The second kappa shape index (κ2) is 9.53. The van der Waals surface area contributed by atoms with Gasteiger partial charge < -0.3 is 14.5 Å². The van der Waals surface area contributed by atoms with Gasteiger partial charge in [-0.1, -0.05) is 24.6 Å². The van der Waals surface area contributed by atoms with Crippen LogP contribution in [0.5, 0.6) is 0 Å². The van der Waals surface area contributed by atoms with Gasteiger partial charge in [0.15, 0.2) is 0 Å². The van der Waals surface area contributed by atoms with E-state index in [1.54, 1.807) is 28.1 Å². The molecule has 1 saturated heterocycles. The molecule has 166 valence electrons. The monoisotopic (exact) mass is 452 g/mol. The summed E-state index contributed by atoms with van der Waals surface area (Å²) in [6.45, 7) is 6.12. The predicted octanol–water partition coefficient (Wildman–Crippen LogP) is 4.56. The van der Waals surface area contributed by atoms with Gasteiger partial charge in [-0.3, -0.25) is 9.78 Å². The van der Waals surface area contributed by atoms with E-state index in [0.717, 1.165) is 23.1 Å².